The molecule has 122 valence electrons. The van der Waals surface area contributed by atoms with Crippen LogP contribution in [0.15, 0.2) is 41.1 Å². The number of rotatable bonds is 5. The van der Waals surface area contributed by atoms with Gasteiger partial charge in [0.2, 0.25) is 0 Å². The van der Waals surface area contributed by atoms with Gasteiger partial charge < -0.3 is 5.32 Å². The standard InChI is InChI=1S/C17H17N5S2/c1-11(9-14-4-3-12(2)24-14)18-15-5-6-16-19-20-17(22(16)21-15)13-7-8-23-10-13/h3-8,10-11H,9H2,1-2H3,(H,18,21). The lowest BCUT2D eigenvalue weighted by Gasteiger charge is -2.13. The molecule has 4 rings (SSSR count). The lowest BCUT2D eigenvalue weighted by Crippen LogP contribution is -2.19. The molecular weight excluding hydrogens is 338 g/mol. The van der Waals surface area contributed by atoms with E-state index >= 15 is 0 Å². The minimum atomic E-state index is 0.300. The van der Waals surface area contributed by atoms with Crippen molar-refractivity contribution in [2.75, 3.05) is 5.32 Å². The van der Waals surface area contributed by atoms with Crippen molar-refractivity contribution < 1.29 is 0 Å². The zero-order valence-electron chi connectivity index (χ0n) is 13.4. The summed E-state index contributed by atoms with van der Waals surface area (Å²) in [5.41, 5.74) is 1.79. The van der Waals surface area contributed by atoms with Crippen LogP contribution in [0.3, 0.4) is 0 Å². The van der Waals surface area contributed by atoms with Gasteiger partial charge in [0.25, 0.3) is 0 Å². The SMILES string of the molecule is Cc1ccc(CC(C)Nc2ccc3nnc(-c4ccsc4)n3n2)s1. The van der Waals surface area contributed by atoms with Crippen molar-refractivity contribution in [3.05, 3.63) is 50.8 Å². The first kappa shape index (κ1) is 15.3. The Morgan fingerprint density at radius 1 is 1.17 bits per heavy atom. The smallest absolute Gasteiger partial charge is 0.186 e. The summed E-state index contributed by atoms with van der Waals surface area (Å²) in [5, 5.41) is 20.7. The van der Waals surface area contributed by atoms with Crippen LogP contribution in [-0.2, 0) is 6.42 Å². The molecule has 1 unspecified atom stereocenters. The predicted octanol–water partition coefficient (Wildman–Crippen LogP) is 4.27. The van der Waals surface area contributed by atoms with E-state index in [0.29, 0.717) is 6.04 Å². The molecule has 1 N–H and O–H groups in total. The minimum absolute atomic E-state index is 0.300. The molecule has 0 amide bonds. The normalized spacial score (nSPS) is 12.6. The lowest BCUT2D eigenvalue weighted by molar-refractivity contribution is 0.783. The van der Waals surface area contributed by atoms with E-state index in [4.69, 9.17) is 0 Å². The highest BCUT2D eigenvalue weighted by Gasteiger charge is 2.12. The summed E-state index contributed by atoms with van der Waals surface area (Å²) >= 11 is 3.49. The van der Waals surface area contributed by atoms with E-state index in [1.54, 1.807) is 15.9 Å². The number of nitrogens with zero attached hydrogens (tertiary/aromatic N) is 4. The van der Waals surface area contributed by atoms with Crippen molar-refractivity contribution in [3.8, 4) is 11.4 Å². The van der Waals surface area contributed by atoms with Crippen LogP contribution in [0, 0.1) is 6.92 Å². The number of hydrogen-bond donors (Lipinski definition) is 1. The molecule has 7 heteroatoms. The van der Waals surface area contributed by atoms with Gasteiger partial charge >= 0.3 is 0 Å². The topological polar surface area (TPSA) is 55.1 Å². The Labute approximate surface area is 148 Å². The van der Waals surface area contributed by atoms with Gasteiger partial charge in [0.1, 0.15) is 5.82 Å². The van der Waals surface area contributed by atoms with Gasteiger partial charge in [-0.05, 0) is 49.6 Å². The Hall–Kier alpha value is -2.25. The van der Waals surface area contributed by atoms with Crippen molar-refractivity contribution in [1.82, 2.24) is 19.8 Å². The van der Waals surface area contributed by atoms with E-state index in [1.807, 2.05) is 34.9 Å². The predicted molar refractivity (Wildman–Crippen MR) is 99.9 cm³/mol. The maximum absolute atomic E-state index is 4.67. The minimum Gasteiger partial charge on any atom is -0.366 e. The van der Waals surface area contributed by atoms with Gasteiger partial charge in [0.15, 0.2) is 11.5 Å². The molecule has 0 aliphatic rings. The highest BCUT2D eigenvalue weighted by molar-refractivity contribution is 7.11. The maximum Gasteiger partial charge on any atom is 0.186 e. The number of aryl methyl sites for hydroxylation is 1. The van der Waals surface area contributed by atoms with Gasteiger partial charge in [-0.2, -0.15) is 15.9 Å². The molecule has 0 aliphatic carbocycles. The first-order chi connectivity index (χ1) is 11.7. The zero-order chi connectivity index (χ0) is 16.5. The van der Waals surface area contributed by atoms with Crippen LogP contribution in [0.5, 0.6) is 0 Å². The van der Waals surface area contributed by atoms with Crippen molar-refractivity contribution in [2.24, 2.45) is 0 Å². The van der Waals surface area contributed by atoms with E-state index in [1.165, 1.54) is 9.75 Å². The second-order valence-electron chi connectivity index (χ2n) is 5.79. The highest BCUT2D eigenvalue weighted by atomic mass is 32.1. The zero-order valence-corrected chi connectivity index (χ0v) is 15.1. The fraction of sp³-hybridized carbons (Fsp3) is 0.235. The fourth-order valence-electron chi connectivity index (χ4n) is 2.64. The third-order valence-electron chi connectivity index (χ3n) is 3.74. The number of thiophene rings is 2. The largest absolute Gasteiger partial charge is 0.366 e. The summed E-state index contributed by atoms with van der Waals surface area (Å²) in [6, 6.07) is 10.6. The van der Waals surface area contributed by atoms with Gasteiger partial charge in [0, 0.05) is 33.2 Å². The van der Waals surface area contributed by atoms with Crippen LogP contribution in [-0.4, -0.2) is 25.9 Å². The van der Waals surface area contributed by atoms with Crippen molar-refractivity contribution in [1.29, 1.82) is 0 Å². The summed E-state index contributed by atoms with van der Waals surface area (Å²) in [5.74, 6) is 1.61. The summed E-state index contributed by atoms with van der Waals surface area (Å²) in [6.45, 7) is 4.31. The summed E-state index contributed by atoms with van der Waals surface area (Å²) in [6.07, 6.45) is 0.984. The molecule has 0 aliphatic heterocycles. The van der Waals surface area contributed by atoms with Gasteiger partial charge in [-0.15, -0.1) is 26.6 Å². The van der Waals surface area contributed by atoms with E-state index in [2.05, 4.69) is 52.0 Å². The number of fused-ring (bicyclic) bond motifs is 1. The molecular formula is C17H17N5S2. The molecule has 0 aromatic carbocycles. The number of aromatic nitrogens is 4. The molecule has 24 heavy (non-hydrogen) atoms. The van der Waals surface area contributed by atoms with Crippen molar-refractivity contribution in [2.45, 2.75) is 26.3 Å². The van der Waals surface area contributed by atoms with Crippen LogP contribution >= 0.6 is 22.7 Å². The van der Waals surface area contributed by atoms with Crippen molar-refractivity contribution >= 4 is 34.1 Å². The van der Waals surface area contributed by atoms with E-state index < -0.39 is 0 Å². The average Bonchev–Trinajstić information content (AvgIpc) is 3.27. The van der Waals surface area contributed by atoms with Gasteiger partial charge in [-0.25, -0.2) is 0 Å². The third kappa shape index (κ3) is 3.05. The van der Waals surface area contributed by atoms with Crippen LogP contribution in [0.4, 0.5) is 5.82 Å². The monoisotopic (exact) mass is 355 g/mol. The Bertz CT molecular complexity index is 955. The van der Waals surface area contributed by atoms with E-state index in [0.717, 1.165) is 29.3 Å². The van der Waals surface area contributed by atoms with Gasteiger partial charge in [-0.3, -0.25) is 0 Å². The Morgan fingerprint density at radius 3 is 2.83 bits per heavy atom. The quantitative estimate of drug-likeness (QED) is 0.581. The van der Waals surface area contributed by atoms with E-state index in [9.17, 15) is 0 Å². The second-order valence-corrected chi connectivity index (χ2v) is 7.94. The Morgan fingerprint density at radius 2 is 2.08 bits per heavy atom. The lowest BCUT2D eigenvalue weighted by atomic mass is 10.2. The molecule has 1 atom stereocenters. The van der Waals surface area contributed by atoms with Gasteiger partial charge in [0.05, 0.1) is 0 Å². The highest BCUT2D eigenvalue weighted by Crippen LogP contribution is 2.22. The van der Waals surface area contributed by atoms with E-state index in [-0.39, 0.29) is 0 Å². The van der Waals surface area contributed by atoms with Crippen LogP contribution in [0.1, 0.15) is 16.7 Å². The van der Waals surface area contributed by atoms with Crippen LogP contribution in [0.25, 0.3) is 17.0 Å². The van der Waals surface area contributed by atoms with Crippen molar-refractivity contribution in [3.63, 3.8) is 0 Å². The molecule has 4 aromatic heterocycles. The summed E-state index contributed by atoms with van der Waals surface area (Å²) in [7, 11) is 0. The maximum atomic E-state index is 4.67. The molecule has 0 fully saturated rings. The fourth-order valence-corrected chi connectivity index (χ4v) is 4.29. The first-order valence-corrected chi connectivity index (χ1v) is 9.52. The summed E-state index contributed by atoms with van der Waals surface area (Å²) < 4.78 is 1.80. The molecule has 5 nitrogen and oxygen atoms in total. The van der Waals surface area contributed by atoms with Crippen LogP contribution < -0.4 is 5.32 Å². The number of anilines is 1. The molecule has 0 bridgehead atoms. The molecule has 4 heterocycles. The molecule has 4 aromatic rings. The third-order valence-corrected chi connectivity index (χ3v) is 5.45. The van der Waals surface area contributed by atoms with Crippen LogP contribution in [0.2, 0.25) is 0 Å². The summed E-state index contributed by atoms with van der Waals surface area (Å²) in [4.78, 5) is 2.73. The molecule has 0 saturated heterocycles. The van der Waals surface area contributed by atoms with Gasteiger partial charge in [-0.1, -0.05) is 0 Å². The average molecular weight is 355 g/mol. The Balaban J connectivity index is 1.57. The number of nitrogens with one attached hydrogen (secondary N) is 1. The first-order valence-electron chi connectivity index (χ1n) is 7.76. The Kier molecular flexibility index (Phi) is 4.03. The molecule has 0 radical (unpaired) electrons. The second kappa shape index (κ2) is 6.33. The number of hydrogen-bond acceptors (Lipinski definition) is 6. The molecule has 0 saturated carbocycles. The molecule has 0 spiro atoms.